The van der Waals surface area contributed by atoms with Gasteiger partial charge in [0, 0.05) is 45.3 Å². The van der Waals surface area contributed by atoms with Gasteiger partial charge in [0.1, 0.15) is 13.2 Å². The third-order valence-corrected chi connectivity index (χ3v) is 18.0. The minimum Gasteiger partial charge on any atom is -0.480 e. The Labute approximate surface area is 435 Å². The molecule has 2 atom stereocenters. The van der Waals surface area contributed by atoms with Crippen molar-refractivity contribution in [2.24, 2.45) is 0 Å². The molecular weight excluding hydrogens is 998 g/mol. The molecule has 2 unspecified atom stereocenters. The number of hydrogen-bond acceptors (Lipinski definition) is 10. The summed E-state index contributed by atoms with van der Waals surface area (Å²) >= 11 is 0. The molecule has 4 aliphatic heterocycles. The second-order valence-corrected chi connectivity index (χ2v) is 22.5. The third-order valence-electron chi connectivity index (χ3n) is 14.2. The predicted molar refractivity (Wildman–Crippen MR) is 284 cm³/mol. The minimum atomic E-state index is -3.79. The van der Waals surface area contributed by atoms with Gasteiger partial charge in [-0.2, -0.15) is 8.61 Å². The summed E-state index contributed by atoms with van der Waals surface area (Å²) in [5.74, 6) is -1.10. The molecule has 6 aromatic carbocycles. The second-order valence-electron chi connectivity index (χ2n) is 18.7. The van der Waals surface area contributed by atoms with Crippen LogP contribution in [0.5, 0.6) is 0 Å². The van der Waals surface area contributed by atoms with E-state index in [0.717, 1.165) is 70.0 Å². The number of fused-ring (bicyclic) bond motifs is 4. The molecule has 0 radical (unpaired) electrons. The Morgan fingerprint density at radius 3 is 1.42 bits per heavy atom. The summed E-state index contributed by atoms with van der Waals surface area (Å²) in [6.07, 6.45) is 3.41. The van der Waals surface area contributed by atoms with Crippen LogP contribution in [0.15, 0.2) is 143 Å². The summed E-state index contributed by atoms with van der Waals surface area (Å²) in [5, 5.41) is 12.6. The number of carboxylic acids is 1. The molecule has 0 bridgehead atoms. The van der Waals surface area contributed by atoms with Crippen LogP contribution in [0, 0.1) is 0 Å². The number of halogens is 2. The van der Waals surface area contributed by atoms with Gasteiger partial charge in [0.05, 0.1) is 35.1 Å². The smallest absolute Gasteiger partial charge is 0.329 e. The third kappa shape index (κ3) is 12.7. The number of carbonyl (C=O) groups is 2. The van der Waals surface area contributed by atoms with Crippen molar-refractivity contribution in [3.63, 3.8) is 0 Å². The minimum absolute atomic E-state index is 0. The number of amides is 1. The molecule has 72 heavy (non-hydrogen) atoms. The van der Waals surface area contributed by atoms with Gasteiger partial charge in [-0.25, -0.2) is 21.6 Å². The maximum Gasteiger partial charge on any atom is 0.329 e. The fraction of sp³-hybridized carbons (Fsp3) is 0.370. The van der Waals surface area contributed by atoms with Crippen LogP contribution in [-0.2, 0) is 65.0 Å². The first-order chi connectivity index (χ1) is 33.8. The first-order valence-corrected chi connectivity index (χ1v) is 26.9. The van der Waals surface area contributed by atoms with E-state index in [-0.39, 0.29) is 73.4 Å². The van der Waals surface area contributed by atoms with Gasteiger partial charge in [-0.1, -0.05) is 109 Å². The van der Waals surface area contributed by atoms with Crippen LogP contribution < -0.4 is 0 Å². The molecule has 2 fully saturated rings. The quantitative estimate of drug-likeness (QED) is 0.126. The number of carboxylic acid groups (broad SMARTS) is 1. The van der Waals surface area contributed by atoms with Crippen molar-refractivity contribution in [3.8, 4) is 0 Å². The summed E-state index contributed by atoms with van der Waals surface area (Å²) in [6, 6.07) is 41.2. The first-order valence-electron chi connectivity index (χ1n) is 24.1. The van der Waals surface area contributed by atoms with Crippen LogP contribution in [0.4, 0.5) is 0 Å². The molecule has 1 amide bonds. The number of carbonyl (C=O) groups excluding carboxylic acids is 1. The van der Waals surface area contributed by atoms with Gasteiger partial charge in [0.25, 0.3) is 0 Å². The molecule has 14 nitrogen and oxygen atoms in total. The van der Waals surface area contributed by atoms with Gasteiger partial charge >= 0.3 is 5.97 Å². The summed E-state index contributed by atoms with van der Waals surface area (Å²) in [4.78, 5) is 31.1. The van der Waals surface area contributed by atoms with Crippen molar-refractivity contribution in [3.05, 3.63) is 156 Å². The first kappa shape index (κ1) is 54.8. The Bertz CT molecular complexity index is 3060. The Morgan fingerprint density at radius 1 is 0.542 bits per heavy atom. The molecule has 0 saturated carbocycles. The summed E-state index contributed by atoms with van der Waals surface area (Å²) in [7, 11) is -5.40. The van der Waals surface area contributed by atoms with Gasteiger partial charge in [0.2, 0.25) is 26.0 Å². The molecule has 2 saturated heterocycles. The van der Waals surface area contributed by atoms with Crippen LogP contribution in [0.1, 0.15) is 35.1 Å². The number of piperidine rings is 1. The second kappa shape index (κ2) is 24.4. The van der Waals surface area contributed by atoms with E-state index in [1.54, 1.807) is 34.6 Å². The van der Waals surface area contributed by atoms with E-state index in [9.17, 15) is 26.4 Å². The van der Waals surface area contributed by atoms with E-state index in [1.807, 2.05) is 102 Å². The van der Waals surface area contributed by atoms with E-state index >= 15 is 0 Å². The largest absolute Gasteiger partial charge is 0.480 e. The van der Waals surface area contributed by atoms with Crippen molar-refractivity contribution in [1.29, 1.82) is 0 Å². The normalized spacial score (nSPS) is 19.3. The highest BCUT2D eigenvalue weighted by Gasteiger charge is 2.38. The van der Waals surface area contributed by atoms with Gasteiger partial charge in [0.15, 0.2) is 0 Å². The van der Waals surface area contributed by atoms with Crippen LogP contribution in [0.2, 0.25) is 0 Å². The molecule has 18 heteroatoms. The number of benzene rings is 6. The number of piperazine rings is 1. The highest BCUT2D eigenvalue weighted by molar-refractivity contribution is 7.89. The standard InChI is InChI=1S/C32H40N4O4S.C22H21NO5S.2ClH/c1-33-14-12-29(13-15-33)34-16-18-35(19-17-34)32(37)24-40-23-30-20-26-7-4-5-9-28(26)22-36(30)41(38,39)31-11-10-25-6-2-3-8-27(25)21-31;24-22(25)15-28-14-20-11-17-6-3-4-8-19(17)13-23(20)29(26,27)21-10-9-16-5-1-2-7-18(16)12-21;;/h2-11,21,29-30H,12-20,22-24H2,1H3;1-10,12,20H,11,13-15H2,(H,24,25);2*1H. The zero-order valence-electron chi connectivity index (χ0n) is 40.3. The van der Waals surface area contributed by atoms with Crippen LogP contribution in [0.3, 0.4) is 0 Å². The van der Waals surface area contributed by atoms with Crippen LogP contribution in [-0.4, -0.2) is 148 Å². The highest BCUT2D eigenvalue weighted by Crippen LogP contribution is 2.33. The van der Waals surface area contributed by atoms with Crippen molar-refractivity contribution in [1.82, 2.24) is 23.3 Å². The highest BCUT2D eigenvalue weighted by atomic mass is 35.5. The zero-order chi connectivity index (χ0) is 48.8. The number of aliphatic carboxylic acids is 1. The van der Waals surface area contributed by atoms with E-state index in [0.29, 0.717) is 32.0 Å². The molecule has 4 aliphatic rings. The monoisotopic (exact) mass is 1060 g/mol. The van der Waals surface area contributed by atoms with E-state index in [1.165, 1.54) is 17.1 Å². The lowest BCUT2D eigenvalue weighted by molar-refractivity contribution is -0.142. The molecule has 4 heterocycles. The lowest BCUT2D eigenvalue weighted by atomic mass is 9.96. The number of hydrogen-bond donors (Lipinski definition) is 1. The predicted octanol–water partition coefficient (Wildman–Crippen LogP) is 7.11. The summed E-state index contributed by atoms with van der Waals surface area (Å²) in [6.45, 7) is 5.72. The summed E-state index contributed by atoms with van der Waals surface area (Å²) < 4.78 is 69.2. The van der Waals surface area contributed by atoms with Crippen LogP contribution >= 0.6 is 24.8 Å². The molecule has 1 N–H and O–H groups in total. The van der Waals surface area contributed by atoms with Gasteiger partial charge in [-0.15, -0.1) is 24.8 Å². The Hall–Kier alpha value is -4.98. The fourth-order valence-corrected chi connectivity index (χ4v) is 13.5. The van der Waals surface area contributed by atoms with E-state index in [4.69, 9.17) is 14.6 Å². The SMILES string of the molecule is CN1CCC(N2CCN(C(=O)COCC3Cc4ccccc4CN3S(=O)(=O)c3ccc4ccccc4c3)CC2)CC1.Cl.Cl.O=C(O)COCC1Cc2ccccc2CN1S(=O)(=O)c1ccc2ccccc2c1. The number of ether oxygens (including phenoxy) is 2. The zero-order valence-corrected chi connectivity index (χ0v) is 43.6. The van der Waals surface area contributed by atoms with E-state index < -0.39 is 44.7 Å². The molecule has 384 valence electrons. The Balaban J connectivity index is 0.000000217. The van der Waals surface area contributed by atoms with Gasteiger partial charge in [-0.3, -0.25) is 9.69 Å². The lowest BCUT2D eigenvalue weighted by Crippen LogP contribution is -2.54. The van der Waals surface area contributed by atoms with Crippen molar-refractivity contribution >= 4 is 78.3 Å². The molecular formula is C54H63Cl2N5O9S2. The maximum absolute atomic E-state index is 14.0. The van der Waals surface area contributed by atoms with Gasteiger partial charge in [-0.05, 0) is 114 Å². The Kier molecular flexibility index (Phi) is 18.5. The summed E-state index contributed by atoms with van der Waals surface area (Å²) in [5.41, 5.74) is 4.14. The maximum atomic E-state index is 14.0. The number of rotatable bonds is 13. The average molecular weight is 1060 g/mol. The number of nitrogens with zero attached hydrogens (tertiary/aromatic N) is 5. The molecule has 6 aromatic rings. The Morgan fingerprint density at radius 2 is 0.958 bits per heavy atom. The van der Waals surface area contributed by atoms with Crippen molar-refractivity contribution in [2.75, 3.05) is 72.7 Å². The van der Waals surface area contributed by atoms with Gasteiger partial charge < -0.3 is 24.4 Å². The van der Waals surface area contributed by atoms with E-state index in [2.05, 4.69) is 22.9 Å². The number of likely N-dealkylation sites (tertiary alicyclic amines) is 1. The molecule has 10 rings (SSSR count). The average Bonchev–Trinajstić information content (AvgIpc) is 3.38. The van der Waals surface area contributed by atoms with Crippen molar-refractivity contribution < 1.29 is 41.0 Å². The topological polar surface area (TPSA) is 157 Å². The molecule has 0 aliphatic carbocycles. The lowest BCUT2D eigenvalue weighted by Gasteiger charge is -2.42. The van der Waals surface area contributed by atoms with Crippen LogP contribution in [0.25, 0.3) is 21.5 Å². The number of sulfonamides is 2. The molecule has 0 aromatic heterocycles. The fourth-order valence-electron chi connectivity index (χ4n) is 10.3. The molecule has 0 spiro atoms. The van der Waals surface area contributed by atoms with Crippen molar-refractivity contribution in [2.45, 2.75) is 66.7 Å².